The van der Waals surface area contributed by atoms with Gasteiger partial charge in [-0.2, -0.15) is 0 Å². The molecule has 0 bridgehead atoms. The maximum absolute atomic E-state index is 13.2. The highest BCUT2D eigenvalue weighted by Gasteiger charge is 2.22. The number of carbonyl (C=O) groups is 2. The van der Waals surface area contributed by atoms with Crippen molar-refractivity contribution in [3.8, 4) is 0 Å². The molecule has 6 heteroatoms. The minimum absolute atomic E-state index is 0.00873. The molecule has 25 heavy (non-hydrogen) atoms. The number of benzene rings is 1. The lowest BCUT2D eigenvalue weighted by molar-refractivity contribution is -0.111. The van der Waals surface area contributed by atoms with Crippen LogP contribution < -0.4 is 5.32 Å². The van der Waals surface area contributed by atoms with E-state index in [0.29, 0.717) is 6.29 Å². The molecule has 0 aliphatic rings. The van der Waals surface area contributed by atoms with E-state index in [-0.39, 0.29) is 24.4 Å². The zero-order valence-corrected chi connectivity index (χ0v) is 15.8. The van der Waals surface area contributed by atoms with Gasteiger partial charge in [-0.05, 0) is 57.9 Å². The van der Waals surface area contributed by atoms with E-state index in [2.05, 4.69) is 5.32 Å². The lowest BCUT2D eigenvalue weighted by Crippen LogP contribution is -2.43. The zero-order chi connectivity index (χ0) is 19.2. The third-order valence-corrected chi connectivity index (χ3v) is 3.83. The fraction of sp³-hybridized carbons (Fsp3) is 0.579. The summed E-state index contributed by atoms with van der Waals surface area (Å²) in [5.74, 6) is -0.265. The first-order chi connectivity index (χ1) is 11.5. The molecule has 1 unspecified atom stereocenters. The number of nitrogens with one attached hydrogen (secondary N) is 1. The lowest BCUT2D eigenvalue weighted by Gasteiger charge is -2.25. The Labute approximate surface area is 148 Å². The van der Waals surface area contributed by atoms with Crippen LogP contribution in [0.3, 0.4) is 0 Å². The van der Waals surface area contributed by atoms with Crippen LogP contribution in [0, 0.1) is 12.7 Å². The molecule has 0 saturated heterocycles. The van der Waals surface area contributed by atoms with Crippen molar-refractivity contribution in [2.45, 2.75) is 65.2 Å². The summed E-state index contributed by atoms with van der Waals surface area (Å²) >= 11 is 0. The number of hydrogen-bond donors (Lipinski definition) is 1. The van der Waals surface area contributed by atoms with Gasteiger partial charge in [0.1, 0.15) is 23.7 Å². The van der Waals surface area contributed by atoms with Gasteiger partial charge < -0.3 is 19.6 Å². The lowest BCUT2D eigenvalue weighted by atomic mass is 9.92. The van der Waals surface area contributed by atoms with Crippen LogP contribution in [0.15, 0.2) is 18.2 Å². The van der Waals surface area contributed by atoms with Gasteiger partial charge in [-0.15, -0.1) is 0 Å². The molecule has 0 aliphatic heterocycles. The molecule has 1 rings (SSSR count). The van der Waals surface area contributed by atoms with Gasteiger partial charge in [0, 0.05) is 5.92 Å². The van der Waals surface area contributed by atoms with Crippen molar-refractivity contribution in [1.29, 1.82) is 0 Å². The molecule has 0 heterocycles. The smallest absolute Gasteiger partial charge is 0.408 e. The fourth-order valence-corrected chi connectivity index (χ4v) is 2.38. The summed E-state index contributed by atoms with van der Waals surface area (Å²) < 4.78 is 24.1. The van der Waals surface area contributed by atoms with Gasteiger partial charge in [0.05, 0.1) is 12.7 Å². The Bertz CT molecular complexity index is 598. The second-order valence-electron chi connectivity index (χ2n) is 7.22. The third-order valence-electron chi connectivity index (χ3n) is 3.83. The van der Waals surface area contributed by atoms with E-state index in [0.717, 1.165) is 11.1 Å². The van der Waals surface area contributed by atoms with Gasteiger partial charge in [0.2, 0.25) is 0 Å². The van der Waals surface area contributed by atoms with Crippen molar-refractivity contribution in [2.24, 2.45) is 0 Å². The molecule has 140 valence electrons. The van der Waals surface area contributed by atoms with Crippen molar-refractivity contribution in [3.63, 3.8) is 0 Å². The number of aryl methyl sites for hydroxylation is 1. The maximum Gasteiger partial charge on any atom is 0.408 e. The summed E-state index contributed by atoms with van der Waals surface area (Å²) in [6.07, 6.45) is -0.264. The van der Waals surface area contributed by atoms with Crippen molar-refractivity contribution >= 4 is 12.4 Å². The van der Waals surface area contributed by atoms with Gasteiger partial charge in [-0.3, -0.25) is 0 Å². The van der Waals surface area contributed by atoms with Crippen LogP contribution in [-0.2, 0) is 14.3 Å². The van der Waals surface area contributed by atoms with E-state index in [1.165, 1.54) is 12.1 Å². The van der Waals surface area contributed by atoms with Crippen molar-refractivity contribution in [2.75, 3.05) is 6.61 Å². The first-order valence-electron chi connectivity index (χ1n) is 8.36. The summed E-state index contributed by atoms with van der Waals surface area (Å²) in [7, 11) is 0. The van der Waals surface area contributed by atoms with Crippen LogP contribution in [0.1, 0.15) is 51.7 Å². The number of ether oxygens (including phenoxy) is 2. The Morgan fingerprint density at radius 1 is 1.32 bits per heavy atom. The van der Waals surface area contributed by atoms with E-state index in [1.807, 2.05) is 20.8 Å². The number of rotatable bonds is 7. The maximum atomic E-state index is 13.2. The fourth-order valence-electron chi connectivity index (χ4n) is 2.38. The summed E-state index contributed by atoms with van der Waals surface area (Å²) in [6, 6.07) is 3.85. The molecule has 1 N–H and O–H groups in total. The average Bonchev–Trinajstić information content (AvgIpc) is 2.48. The molecular weight excluding hydrogens is 325 g/mol. The minimum atomic E-state index is -0.793. The van der Waals surface area contributed by atoms with E-state index in [9.17, 15) is 14.0 Å². The SMILES string of the molecule is Cc1cc(F)ccc1[C@H](C)[C@H](C)OCC(C=O)NC(=O)OC(C)(C)C. The number of carbonyl (C=O) groups excluding carboxylic acids is 2. The van der Waals surface area contributed by atoms with Crippen LogP contribution >= 0.6 is 0 Å². The number of hydrogen-bond acceptors (Lipinski definition) is 4. The highest BCUT2D eigenvalue weighted by Crippen LogP contribution is 2.25. The summed E-state index contributed by atoms with van der Waals surface area (Å²) in [4.78, 5) is 22.9. The summed E-state index contributed by atoms with van der Waals surface area (Å²) in [5.41, 5.74) is 1.19. The Hall–Kier alpha value is -1.95. The molecule has 0 aliphatic carbocycles. The van der Waals surface area contributed by atoms with Crippen LogP contribution in [0.25, 0.3) is 0 Å². The topological polar surface area (TPSA) is 64.6 Å². The van der Waals surface area contributed by atoms with Gasteiger partial charge in [0.15, 0.2) is 0 Å². The molecule has 0 spiro atoms. The zero-order valence-electron chi connectivity index (χ0n) is 15.8. The summed E-state index contributed by atoms with van der Waals surface area (Å²) in [6.45, 7) is 11.0. The molecule has 0 saturated carbocycles. The van der Waals surface area contributed by atoms with Gasteiger partial charge in [-0.1, -0.05) is 13.0 Å². The van der Waals surface area contributed by atoms with Crippen molar-refractivity contribution < 1.29 is 23.5 Å². The quantitative estimate of drug-likeness (QED) is 0.759. The molecule has 0 radical (unpaired) electrons. The average molecular weight is 353 g/mol. The second-order valence-corrected chi connectivity index (χ2v) is 7.22. The van der Waals surface area contributed by atoms with Crippen LogP contribution in [0.4, 0.5) is 9.18 Å². The largest absolute Gasteiger partial charge is 0.444 e. The molecule has 1 amide bonds. The van der Waals surface area contributed by atoms with E-state index in [4.69, 9.17) is 9.47 Å². The Morgan fingerprint density at radius 2 is 1.96 bits per heavy atom. The monoisotopic (exact) mass is 353 g/mol. The molecule has 1 aromatic rings. The predicted molar refractivity (Wildman–Crippen MR) is 94.2 cm³/mol. The standard InChI is InChI=1S/C19H28FNO4/c1-12-9-15(20)7-8-17(12)13(2)14(3)24-11-16(10-22)21-18(23)25-19(4,5)6/h7-10,13-14,16H,11H2,1-6H3,(H,21,23)/t13-,14+,16?/m1/s1. The number of halogens is 1. The molecule has 1 aromatic carbocycles. The van der Waals surface area contributed by atoms with E-state index >= 15 is 0 Å². The Kier molecular flexibility index (Phi) is 7.55. The Morgan fingerprint density at radius 3 is 2.48 bits per heavy atom. The summed E-state index contributed by atoms with van der Waals surface area (Å²) in [5, 5.41) is 2.47. The first kappa shape index (κ1) is 21.1. The van der Waals surface area contributed by atoms with Crippen LogP contribution in [0.2, 0.25) is 0 Å². The molecule has 0 fully saturated rings. The third kappa shape index (κ3) is 7.22. The molecule has 5 nitrogen and oxygen atoms in total. The Balaban J connectivity index is 2.59. The number of aldehydes is 1. The molecular formula is C19H28FNO4. The normalized spacial score (nSPS) is 15.2. The van der Waals surface area contributed by atoms with Gasteiger partial charge in [0.25, 0.3) is 0 Å². The molecule has 3 atom stereocenters. The van der Waals surface area contributed by atoms with Gasteiger partial charge in [-0.25, -0.2) is 9.18 Å². The highest BCUT2D eigenvalue weighted by molar-refractivity contribution is 5.73. The predicted octanol–water partition coefficient (Wildman–Crippen LogP) is 3.73. The van der Waals surface area contributed by atoms with Crippen LogP contribution in [-0.4, -0.2) is 36.7 Å². The molecule has 0 aromatic heterocycles. The highest BCUT2D eigenvalue weighted by atomic mass is 19.1. The second kappa shape index (κ2) is 8.94. The van der Waals surface area contributed by atoms with E-state index < -0.39 is 17.7 Å². The number of amides is 1. The van der Waals surface area contributed by atoms with Gasteiger partial charge >= 0.3 is 6.09 Å². The number of alkyl carbamates (subject to hydrolysis) is 1. The minimum Gasteiger partial charge on any atom is -0.444 e. The van der Waals surface area contributed by atoms with Crippen LogP contribution in [0.5, 0.6) is 0 Å². The van der Waals surface area contributed by atoms with Crippen molar-refractivity contribution in [1.82, 2.24) is 5.32 Å². The first-order valence-corrected chi connectivity index (χ1v) is 8.36. The van der Waals surface area contributed by atoms with Crippen molar-refractivity contribution in [3.05, 3.63) is 35.1 Å². The van der Waals surface area contributed by atoms with E-state index in [1.54, 1.807) is 26.8 Å².